The molecule has 1 aromatic carbocycles. The summed E-state index contributed by atoms with van der Waals surface area (Å²) in [5, 5.41) is 8.86. The smallest absolute Gasteiger partial charge is 0.306 e. The molecule has 1 aliphatic heterocycles. The maximum absolute atomic E-state index is 10.8. The number of ether oxygens (including phenoxy) is 2. The monoisotopic (exact) mass is 236 g/mol. The van der Waals surface area contributed by atoms with Crippen LogP contribution in [0.3, 0.4) is 0 Å². The molecule has 1 aliphatic rings. The second kappa shape index (κ2) is 3.95. The van der Waals surface area contributed by atoms with Gasteiger partial charge in [0, 0.05) is 13.8 Å². The Bertz CT molecular complexity index is 451. The molecule has 0 aliphatic carbocycles. The van der Waals surface area contributed by atoms with Crippen molar-refractivity contribution in [3.8, 4) is 11.5 Å². The molecule has 17 heavy (non-hydrogen) atoms. The predicted octanol–water partition coefficient (Wildman–Crippen LogP) is 2.46. The summed E-state index contributed by atoms with van der Waals surface area (Å²) in [6, 6.07) is 5.56. The lowest BCUT2D eigenvalue weighted by molar-refractivity contribution is -0.141. The Balaban J connectivity index is 2.16. The first kappa shape index (κ1) is 11.8. The average molecular weight is 236 g/mol. The first-order chi connectivity index (χ1) is 7.87. The highest BCUT2D eigenvalue weighted by Gasteiger charge is 2.31. The van der Waals surface area contributed by atoms with E-state index in [-0.39, 0.29) is 0 Å². The van der Waals surface area contributed by atoms with Crippen LogP contribution in [0.2, 0.25) is 0 Å². The average Bonchev–Trinajstić information content (AvgIpc) is 2.50. The van der Waals surface area contributed by atoms with Crippen molar-refractivity contribution in [1.29, 1.82) is 0 Å². The Kier molecular flexibility index (Phi) is 2.73. The maximum atomic E-state index is 10.8. The van der Waals surface area contributed by atoms with Gasteiger partial charge in [-0.2, -0.15) is 0 Å². The van der Waals surface area contributed by atoms with E-state index in [1.807, 2.05) is 32.0 Å². The van der Waals surface area contributed by atoms with Crippen LogP contribution < -0.4 is 9.47 Å². The highest BCUT2D eigenvalue weighted by molar-refractivity contribution is 5.70. The minimum Gasteiger partial charge on any atom is -0.481 e. The zero-order valence-corrected chi connectivity index (χ0v) is 10.2. The summed E-state index contributed by atoms with van der Waals surface area (Å²) < 4.78 is 11.2. The summed E-state index contributed by atoms with van der Waals surface area (Å²) in [5.41, 5.74) is 0.944. The minimum absolute atomic E-state index is 0.400. The summed E-state index contributed by atoms with van der Waals surface area (Å²) in [4.78, 5) is 10.8. The molecule has 0 bridgehead atoms. The van der Waals surface area contributed by atoms with Gasteiger partial charge in [-0.05, 0) is 24.1 Å². The molecule has 0 saturated heterocycles. The van der Waals surface area contributed by atoms with Crippen LogP contribution in [-0.2, 0) is 11.2 Å². The summed E-state index contributed by atoms with van der Waals surface area (Å²) in [6.45, 7) is 5.37. The van der Waals surface area contributed by atoms with Gasteiger partial charge in [-0.3, -0.25) is 4.79 Å². The number of hydrogen-bond donors (Lipinski definition) is 1. The molecule has 1 atom stereocenters. The standard InChI is InChI=1S/C13H16O4/c1-8(12(14)15)6-9-4-5-10-11(7-9)17-13(2,3)16-10/h4-5,7-8H,6H2,1-3H3,(H,14,15). The van der Waals surface area contributed by atoms with Crippen molar-refractivity contribution in [2.45, 2.75) is 33.0 Å². The Hall–Kier alpha value is -1.71. The molecule has 92 valence electrons. The quantitative estimate of drug-likeness (QED) is 0.875. The summed E-state index contributed by atoms with van der Waals surface area (Å²) >= 11 is 0. The molecule has 4 heteroatoms. The number of aliphatic carboxylic acids is 1. The van der Waals surface area contributed by atoms with E-state index in [4.69, 9.17) is 14.6 Å². The van der Waals surface area contributed by atoms with Gasteiger partial charge in [-0.1, -0.05) is 13.0 Å². The molecule has 0 amide bonds. The molecule has 0 radical (unpaired) electrons. The number of carboxylic acid groups (broad SMARTS) is 1. The third-order valence-corrected chi connectivity index (χ3v) is 2.68. The highest BCUT2D eigenvalue weighted by atomic mass is 16.7. The van der Waals surface area contributed by atoms with E-state index in [9.17, 15) is 4.79 Å². The van der Waals surface area contributed by atoms with Crippen molar-refractivity contribution < 1.29 is 19.4 Å². The van der Waals surface area contributed by atoms with Gasteiger partial charge in [0.25, 0.3) is 0 Å². The highest BCUT2D eigenvalue weighted by Crippen LogP contribution is 2.39. The topological polar surface area (TPSA) is 55.8 Å². The van der Waals surface area contributed by atoms with E-state index in [1.54, 1.807) is 6.92 Å². The van der Waals surface area contributed by atoms with E-state index in [0.29, 0.717) is 17.9 Å². The van der Waals surface area contributed by atoms with E-state index in [0.717, 1.165) is 5.56 Å². The summed E-state index contributed by atoms with van der Waals surface area (Å²) in [7, 11) is 0. The zero-order chi connectivity index (χ0) is 12.6. The Morgan fingerprint density at radius 3 is 2.65 bits per heavy atom. The lowest BCUT2D eigenvalue weighted by atomic mass is 10.0. The lowest BCUT2D eigenvalue weighted by Gasteiger charge is -2.16. The fourth-order valence-corrected chi connectivity index (χ4v) is 1.83. The van der Waals surface area contributed by atoms with Gasteiger partial charge in [0.2, 0.25) is 5.79 Å². The third-order valence-electron chi connectivity index (χ3n) is 2.68. The van der Waals surface area contributed by atoms with Gasteiger partial charge in [0.15, 0.2) is 11.5 Å². The molecule has 1 aromatic rings. The molecule has 0 aromatic heterocycles. The largest absolute Gasteiger partial charge is 0.481 e. The molecule has 1 unspecified atom stereocenters. The van der Waals surface area contributed by atoms with Crippen LogP contribution in [0.15, 0.2) is 18.2 Å². The van der Waals surface area contributed by atoms with Gasteiger partial charge >= 0.3 is 5.97 Å². The summed E-state index contributed by atoms with van der Waals surface area (Å²) in [6.07, 6.45) is 0.492. The number of rotatable bonds is 3. The third kappa shape index (κ3) is 2.52. The van der Waals surface area contributed by atoms with Crippen molar-refractivity contribution in [2.24, 2.45) is 5.92 Å². The van der Waals surface area contributed by atoms with Crippen LogP contribution in [0.1, 0.15) is 26.3 Å². The van der Waals surface area contributed by atoms with Gasteiger partial charge in [0.1, 0.15) is 0 Å². The normalized spacial score (nSPS) is 17.8. The van der Waals surface area contributed by atoms with Gasteiger partial charge < -0.3 is 14.6 Å². The SMILES string of the molecule is CC(Cc1ccc2c(c1)OC(C)(C)O2)C(=O)O. The summed E-state index contributed by atoms with van der Waals surface area (Å²) in [5.74, 6) is -0.433. The van der Waals surface area contributed by atoms with Crippen LogP contribution >= 0.6 is 0 Å². The van der Waals surface area contributed by atoms with Crippen LogP contribution in [0.25, 0.3) is 0 Å². The Morgan fingerprint density at radius 1 is 1.35 bits per heavy atom. The molecule has 0 fully saturated rings. The lowest BCUT2D eigenvalue weighted by Crippen LogP contribution is -2.29. The first-order valence-electron chi connectivity index (χ1n) is 5.61. The molecular weight excluding hydrogens is 220 g/mol. The van der Waals surface area contributed by atoms with Gasteiger partial charge in [-0.15, -0.1) is 0 Å². The maximum Gasteiger partial charge on any atom is 0.306 e. The molecular formula is C13H16O4. The fourth-order valence-electron chi connectivity index (χ4n) is 1.83. The van der Waals surface area contributed by atoms with Crippen molar-refractivity contribution in [3.63, 3.8) is 0 Å². The zero-order valence-electron chi connectivity index (χ0n) is 10.2. The van der Waals surface area contributed by atoms with E-state index in [1.165, 1.54) is 0 Å². The molecule has 1 N–H and O–H groups in total. The van der Waals surface area contributed by atoms with E-state index >= 15 is 0 Å². The second-order valence-electron chi connectivity index (χ2n) is 4.83. The molecule has 0 saturated carbocycles. The van der Waals surface area contributed by atoms with Crippen LogP contribution in [0.5, 0.6) is 11.5 Å². The van der Waals surface area contributed by atoms with Crippen molar-refractivity contribution in [2.75, 3.05) is 0 Å². The predicted molar refractivity (Wildman–Crippen MR) is 62.3 cm³/mol. The van der Waals surface area contributed by atoms with E-state index in [2.05, 4.69) is 0 Å². The number of fused-ring (bicyclic) bond motifs is 1. The van der Waals surface area contributed by atoms with Crippen LogP contribution in [0.4, 0.5) is 0 Å². The number of benzene rings is 1. The number of carbonyl (C=O) groups is 1. The fraction of sp³-hybridized carbons (Fsp3) is 0.462. The van der Waals surface area contributed by atoms with Gasteiger partial charge in [-0.25, -0.2) is 0 Å². The Morgan fingerprint density at radius 2 is 2.00 bits per heavy atom. The molecule has 4 nitrogen and oxygen atoms in total. The Labute approximate surface area is 100 Å². The van der Waals surface area contributed by atoms with Crippen molar-refractivity contribution >= 4 is 5.97 Å². The van der Waals surface area contributed by atoms with Crippen LogP contribution in [-0.4, -0.2) is 16.9 Å². The minimum atomic E-state index is -0.789. The van der Waals surface area contributed by atoms with Gasteiger partial charge in [0.05, 0.1) is 5.92 Å². The van der Waals surface area contributed by atoms with Crippen molar-refractivity contribution in [3.05, 3.63) is 23.8 Å². The first-order valence-corrected chi connectivity index (χ1v) is 5.61. The van der Waals surface area contributed by atoms with Crippen molar-refractivity contribution in [1.82, 2.24) is 0 Å². The second-order valence-corrected chi connectivity index (χ2v) is 4.83. The van der Waals surface area contributed by atoms with E-state index < -0.39 is 17.7 Å². The molecule has 1 heterocycles. The number of carboxylic acids is 1. The van der Waals surface area contributed by atoms with Crippen LogP contribution in [0, 0.1) is 5.92 Å². The molecule has 2 rings (SSSR count). The number of hydrogen-bond acceptors (Lipinski definition) is 3. The molecule has 0 spiro atoms.